The fourth-order valence-electron chi connectivity index (χ4n) is 4.28. The molecule has 2 fully saturated rings. The quantitative estimate of drug-likeness (QED) is 0.675. The van der Waals surface area contributed by atoms with Gasteiger partial charge in [-0.1, -0.05) is 36.8 Å². The van der Waals surface area contributed by atoms with Crippen molar-refractivity contribution in [3.8, 4) is 11.5 Å². The molecule has 150 valence electrons. The molecule has 2 aromatic rings. The first-order chi connectivity index (χ1) is 13.7. The highest BCUT2D eigenvalue weighted by atomic mass is 16.7. The third-order valence-electron chi connectivity index (χ3n) is 5.70. The Morgan fingerprint density at radius 2 is 1.71 bits per heavy atom. The average Bonchev–Trinajstić information content (AvgIpc) is 3.19. The molecule has 2 aromatic carbocycles. The van der Waals surface area contributed by atoms with Crippen LogP contribution < -0.4 is 9.47 Å². The van der Waals surface area contributed by atoms with Crippen molar-refractivity contribution >= 4 is 0 Å². The summed E-state index contributed by atoms with van der Waals surface area (Å²) >= 11 is 0. The first-order valence-electron chi connectivity index (χ1n) is 10.4. The molecule has 1 heterocycles. The maximum atomic E-state index is 6.04. The molecule has 1 aliphatic carbocycles. The van der Waals surface area contributed by atoms with Gasteiger partial charge in [-0.2, -0.15) is 0 Å². The summed E-state index contributed by atoms with van der Waals surface area (Å²) in [5.74, 6) is 1.85. The molecule has 0 N–H and O–H groups in total. The summed E-state index contributed by atoms with van der Waals surface area (Å²) < 4.78 is 23.9. The predicted molar refractivity (Wildman–Crippen MR) is 109 cm³/mol. The normalized spacial score (nSPS) is 22.1. The molecule has 4 rings (SSSR count). The van der Waals surface area contributed by atoms with Gasteiger partial charge in [0, 0.05) is 12.3 Å². The van der Waals surface area contributed by atoms with Crippen molar-refractivity contribution in [3.05, 3.63) is 60.2 Å². The van der Waals surface area contributed by atoms with Gasteiger partial charge in [0.05, 0.1) is 13.2 Å². The zero-order chi connectivity index (χ0) is 19.2. The largest absolute Gasteiger partial charge is 0.490 e. The molecule has 4 nitrogen and oxygen atoms in total. The van der Waals surface area contributed by atoms with Gasteiger partial charge in [-0.3, -0.25) is 0 Å². The second-order valence-electron chi connectivity index (χ2n) is 7.85. The molecule has 2 atom stereocenters. The Kier molecular flexibility index (Phi) is 6.18. The van der Waals surface area contributed by atoms with Crippen LogP contribution in [0.25, 0.3) is 0 Å². The van der Waals surface area contributed by atoms with Crippen LogP contribution in [0.5, 0.6) is 11.5 Å². The van der Waals surface area contributed by atoms with Crippen LogP contribution in [-0.4, -0.2) is 31.7 Å². The minimum Gasteiger partial charge on any atom is -0.490 e. The Morgan fingerprint density at radius 1 is 0.964 bits per heavy atom. The van der Waals surface area contributed by atoms with Crippen LogP contribution in [0, 0.1) is 5.92 Å². The van der Waals surface area contributed by atoms with Crippen molar-refractivity contribution in [1.29, 1.82) is 0 Å². The maximum Gasteiger partial charge on any atom is 0.171 e. The van der Waals surface area contributed by atoms with Gasteiger partial charge >= 0.3 is 0 Å². The van der Waals surface area contributed by atoms with Crippen molar-refractivity contribution < 1.29 is 18.9 Å². The SMILES string of the molecule is CC(COc1ccc(CC2CCCCC23OCCO3)cc1)Oc1ccccc1. The minimum atomic E-state index is -0.336. The topological polar surface area (TPSA) is 36.9 Å². The molecule has 1 saturated carbocycles. The van der Waals surface area contributed by atoms with Gasteiger partial charge in [0.2, 0.25) is 0 Å². The standard InChI is InChI=1S/C24H30O4/c1-19(28-23-8-3-2-4-9-23)18-25-22-12-10-20(11-13-22)17-21-7-5-6-14-24(21)26-15-16-27-24/h2-4,8-13,19,21H,5-7,14-18H2,1H3. The highest BCUT2D eigenvalue weighted by Crippen LogP contribution is 2.42. The number of rotatable bonds is 7. The van der Waals surface area contributed by atoms with Crippen molar-refractivity contribution in [2.75, 3.05) is 19.8 Å². The molecule has 1 saturated heterocycles. The number of benzene rings is 2. The Morgan fingerprint density at radius 3 is 2.46 bits per heavy atom. The molecule has 0 bridgehead atoms. The lowest BCUT2D eigenvalue weighted by Gasteiger charge is -2.39. The van der Waals surface area contributed by atoms with Gasteiger partial charge in [0.1, 0.15) is 24.2 Å². The van der Waals surface area contributed by atoms with Crippen LogP contribution in [0.3, 0.4) is 0 Å². The molecule has 4 heteroatoms. The van der Waals surface area contributed by atoms with Gasteiger partial charge in [-0.05, 0) is 56.0 Å². The second-order valence-corrected chi connectivity index (χ2v) is 7.85. The first kappa shape index (κ1) is 19.3. The van der Waals surface area contributed by atoms with E-state index >= 15 is 0 Å². The van der Waals surface area contributed by atoms with Gasteiger partial charge in [-0.25, -0.2) is 0 Å². The number of ether oxygens (including phenoxy) is 4. The molecule has 2 aliphatic rings. The Bertz CT molecular complexity index is 722. The van der Waals surface area contributed by atoms with Gasteiger partial charge in [0.25, 0.3) is 0 Å². The zero-order valence-electron chi connectivity index (χ0n) is 16.6. The van der Waals surface area contributed by atoms with E-state index in [4.69, 9.17) is 18.9 Å². The Labute approximate surface area is 167 Å². The molecule has 1 aliphatic heterocycles. The monoisotopic (exact) mass is 382 g/mol. The van der Waals surface area contributed by atoms with Crippen LogP contribution in [0.1, 0.15) is 38.2 Å². The third kappa shape index (κ3) is 4.68. The molecular formula is C24H30O4. The van der Waals surface area contributed by atoms with E-state index in [-0.39, 0.29) is 11.9 Å². The Balaban J connectivity index is 1.29. The summed E-state index contributed by atoms with van der Waals surface area (Å²) in [6.45, 7) is 3.99. The van der Waals surface area contributed by atoms with E-state index in [9.17, 15) is 0 Å². The predicted octanol–water partition coefficient (Wildman–Crippen LogP) is 5.01. The van der Waals surface area contributed by atoms with E-state index in [0.717, 1.165) is 37.6 Å². The summed E-state index contributed by atoms with van der Waals surface area (Å²) in [5.41, 5.74) is 1.31. The van der Waals surface area contributed by atoms with Crippen molar-refractivity contribution in [2.24, 2.45) is 5.92 Å². The van der Waals surface area contributed by atoms with Crippen molar-refractivity contribution in [3.63, 3.8) is 0 Å². The van der Waals surface area contributed by atoms with Gasteiger partial charge in [0.15, 0.2) is 5.79 Å². The highest BCUT2D eigenvalue weighted by Gasteiger charge is 2.45. The Hall–Kier alpha value is -2.04. The maximum absolute atomic E-state index is 6.04. The third-order valence-corrected chi connectivity index (χ3v) is 5.70. The van der Waals surface area contributed by atoms with Crippen LogP contribution in [0.15, 0.2) is 54.6 Å². The number of hydrogen-bond acceptors (Lipinski definition) is 4. The summed E-state index contributed by atoms with van der Waals surface area (Å²) in [5, 5.41) is 0. The lowest BCUT2D eigenvalue weighted by Crippen LogP contribution is -2.42. The fourth-order valence-corrected chi connectivity index (χ4v) is 4.28. The molecule has 2 unspecified atom stereocenters. The fraction of sp³-hybridized carbons (Fsp3) is 0.500. The minimum absolute atomic E-state index is 0.0131. The van der Waals surface area contributed by atoms with Crippen LogP contribution in [-0.2, 0) is 15.9 Å². The summed E-state index contributed by atoms with van der Waals surface area (Å²) in [6, 6.07) is 18.3. The van der Waals surface area contributed by atoms with E-state index in [0.29, 0.717) is 12.5 Å². The van der Waals surface area contributed by atoms with Gasteiger partial charge < -0.3 is 18.9 Å². The van der Waals surface area contributed by atoms with E-state index in [1.807, 2.05) is 37.3 Å². The summed E-state index contributed by atoms with van der Waals surface area (Å²) in [7, 11) is 0. The van der Waals surface area contributed by atoms with E-state index < -0.39 is 0 Å². The van der Waals surface area contributed by atoms with Crippen molar-refractivity contribution in [1.82, 2.24) is 0 Å². The molecule has 0 amide bonds. The lowest BCUT2D eigenvalue weighted by molar-refractivity contribution is -0.212. The van der Waals surface area contributed by atoms with E-state index in [2.05, 4.69) is 24.3 Å². The molecular weight excluding hydrogens is 352 g/mol. The van der Waals surface area contributed by atoms with Crippen LogP contribution in [0.2, 0.25) is 0 Å². The summed E-state index contributed by atoms with van der Waals surface area (Å²) in [6.07, 6.45) is 5.64. The van der Waals surface area contributed by atoms with E-state index in [1.165, 1.54) is 24.8 Å². The molecule has 0 aromatic heterocycles. The van der Waals surface area contributed by atoms with Crippen molar-refractivity contribution in [2.45, 2.75) is 50.9 Å². The molecule has 28 heavy (non-hydrogen) atoms. The molecule has 1 spiro atoms. The first-order valence-corrected chi connectivity index (χ1v) is 10.4. The second kappa shape index (κ2) is 8.97. The summed E-state index contributed by atoms with van der Waals surface area (Å²) in [4.78, 5) is 0. The number of hydrogen-bond donors (Lipinski definition) is 0. The lowest BCUT2D eigenvalue weighted by atomic mass is 9.79. The average molecular weight is 382 g/mol. The van der Waals surface area contributed by atoms with Crippen LogP contribution in [0.4, 0.5) is 0 Å². The zero-order valence-corrected chi connectivity index (χ0v) is 16.6. The smallest absolute Gasteiger partial charge is 0.171 e. The number of para-hydroxylation sites is 1. The van der Waals surface area contributed by atoms with Crippen LogP contribution >= 0.6 is 0 Å². The highest BCUT2D eigenvalue weighted by molar-refractivity contribution is 5.28. The molecule has 0 radical (unpaired) electrons. The van der Waals surface area contributed by atoms with E-state index in [1.54, 1.807) is 0 Å². The van der Waals surface area contributed by atoms with Gasteiger partial charge in [-0.15, -0.1) is 0 Å².